The number of aromatic amines is 1. The Bertz CT molecular complexity index is 1390. The van der Waals surface area contributed by atoms with Gasteiger partial charge in [-0.2, -0.15) is 0 Å². The Labute approximate surface area is 190 Å². The van der Waals surface area contributed by atoms with Crippen molar-refractivity contribution < 1.29 is 19.4 Å². The van der Waals surface area contributed by atoms with E-state index in [2.05, 4.69) is 4.98 Å². The predicted molar refractivity (Wildman–Crippen MR) is 126 cm³/mol. The number of ketones is 1. The van der Waals surface area contributed by atoms with E-state index in [9.17, 15) is 14.7 Å². The zero-order valence-electron chi connectivity index (χ0n) is 18.0. The third-order valence-electron chi connectivity index (χ3n) is 6.03. The Kier molecular flexibility index (Phi) is 5.18. The molecule has 0 bridgehead atoms. The van der Waals surface area contributed by atoms with Crippen LogP contribution in [-0.2, 0) is 16.1 Å². The fourth-order valence-electron chi connectivity index (χ4n) is 4.45. The van der Waals surface area contributed by atoms with E-state index in [0.717, 1.165) is 22.0 Å². The number of ether oxygens (including phenoxy) is 1. The topological polar surface area (TPSA) is 82.6 Å². The van der Waals surface area contributed by atoms with Crippen LogP contribution in [-0.4, -0.2) is 33.8 Å². The second-order valence-electron chi connectivity index (χ2n) is 7.90. The highest BCUT2D eigenvalue weighted by molar-refractivity contribution is 6.46. The fraction of sp³-hybridized carbons (Fsp3) is 0.111. The fourth-order valence-corrected chi connectivity index (χ4v) is 4.45. The maximum absolute atomic E-state index is 13.3. The van der Waals surface area contributed by atoms with Crippen LogP contribution in [0.2, 0.25) is 0 Å². The third-order valence-corrected chi connectivity index (χ3v) is 6.03. The van der Waals surface area contributed by atoms with Gasteiger partial charge in [-0.25, -0.2) is 0 Å². The molecule has 1 aromatic heterocycles. The molecule has 3 aromatic carbocycles. The van der Waals surface area contributed by atoms with E-state index in [1.165, 1.54) is 4.90 Å². The summed E-state index contributed by atoms with van der Waals surface area (Å²) in [7, 11) is 1.57. The van der Waals surface area contributed by atoms with Gasteiger partial charge < -0.3 is 19.7 Å². The largest absolute Gasteiger partial charge is 0.507 e. The molecule has 1 saturated heterocycles. The van der Waals surface area contributed by atoms with E-state index in [-0.39, 0.29) is 17.9 Å². The van der Waals surface area contributed by atoms with E-state index in [4.69, 9.17) is 4.74 Å². The van der Waals surface area contributed by atoms with E-state index >= 15 is 0 Å². The lowest BCUT2D eigenvalue weighted by atomic mass is 9.95. The summed E-state index contributed by atoms with van der Waals surface area (Å²) in [6.07, 6.45) is 1.66. The number of aromatic nitrogens is 1. The van der Waals surface area contributed by atoms with Crippen molar-refractivity contribution >= 4 is 28.4 Å². The van der Waals surface area contributed by atoms with Crippen LogP contribution in [0.1, 0.15) is 22.7 Å². The molecule has 1 aliphatic heterocycles. The maximum atomic E-state index is 13.3. The zero-order valence-corrected chi connectivity index (χ0v) is 18.0. The Balaban J connectivity index is 1.68. The normalized spacial score (nSPS) is 17.6. The van der Waals surface area contributed by atoms with Gasteiger partial charge in [-0.3, -0.25) is 9.59 Å². The number of nitrogens with zero attached hydrogens (tertiary/aromatic N) is 1. The van der Waals surface area contributed by atoms with Crippen molar-refractivity contribution in [2.75, 3.05) is 7.11 Å². The summed E-state index contributed by atoms with van der Waals surface area (Å²) in [6, 6.07) is 23.4. The Hall–Kier alpha value is -4.32. The van der Waals surface area contributed by atoms with Gasteiger partial charge in [-0.1, -0.05) is 66.7 Å². The number of rotatable bonds is 5. The van der Waals surface area contributed by atoms with Crippen LogP contribution >= 0.6 is 0 Å². The van der Waals surface area contributed by atoms with E-state index in [1.54, 1.807) is 13.3 Å². The number of hydrogen-bond acceptors (Lipinski definition) is 4. The number of para-hydroxylation sites is 2. The molecule has 33 heavy (non-hydrogen) atoms. The number of nitrogens with one attached hydrogen (secondary N) is 1. The van der Waals surface area contributed by atoms with Crippen LogP contribution in [0.4, 0.5) is 0 Å². The van der Waals surface area contributed by atoms with Crippen LogP contribution in [0.3, 0.4) is 0 Å². The standard InChI is InChI=1S/C27H22N2O4/c1-33-22-14-8-5-11-18(22)16-29-24(17-9-3-2-4-10-17)23(26(31)27(29)32)25(30)20-15-28-21-13-7-6-12-19(20)21/h2-15,24,28,30H,16H2,1H3/b25-23-. The molecule has 2 N–H and O–H groups in total. The van der Waals surface area contributed by atoms with Crippen molar-refractivity contribution in [3.8, 4) is 5.75 Å². The molecule has 0 spiro atoms. The van der Waals surface area contributed by atoms with Gasteiger partial charge in [0.05, 0.1) is 25.3 Å². The van der Waals surface area contributed by atoms with Gasteiger partial charge in [0.2, 0.25) is 0 Å². The molecule has 0 aliphatic carbocycles. The number of hydrogen-bond donors (Lipinski definition) is 2. The van der Waals surface area contributed by atoms with E-state index < -0.39 is 17.7 Å². The van der Waals surface area contributed by atoms with Crippen molar-refractivity contribution in [2.24, 2.45) is 0 Å². The second-order valence-corrected chi connectivity index (χ2v) is 7.90. The number of benzene rings is 3. The number of fused-ring (bicyclic) bond motifs is 1. The number of aliphatic hydroxyl groups excluding tert-OH is 1. The predicted octanol–water partition coefficient (Wildman–Crippen LogP) is 4.80. The molecular weight excluding hydrogens is 416 g/mol. The molecule has 5 rings (SSSR count). The average molecular weight is 438 g/mol. The van der Waals surface area contributed by atoms with Crippen molar-refractivity contribution in [2.45, 2.75) is 12.6 Å². The Morgan fingerprint density at radius 2 is 1.67 bits per heavy atom. The summed E-state index contributed by atoms with van der Waals surface area (Å²) in [5.74, 6) is -0.928. The molecule has 0 radical (unpaired) electrons. The smallest absolute Gasteiger partial charge is 0.295 e. The summed E-state index contributed by atoms with van der Waals surface area (Å²) < 4.78 is 5.45. The molecule has 6 heteroatoms. The molecular formula is C27H22N2O4. The summed E-state index contributed by atoms with van der Waals surface area (Å²) in [4.78, 5) is 31.1. The van der Waals surface area contributed by atoms with Gasteiger partial charge in [0.1, 0.15) is 11.5 Å². The van der Waals surface area contributed by atoms with Gasteiger partial charge in [-0.05, 0) is 17.7 Å². The van der Waals surface area contributed by atoms with Crippen LogP contribution in [0.25, 0.3) is 16.7 Å². The Morgan fingerprint density at radius 3 is 2.45 bits per heavy atom. The van der Waals surface area contributed by atoms with Crippen LogP contribution in [0.15, 0.2) is 90.6 Å². The number of aliphatic hydroxyl groups is 1. The summed E-state index contributed by atoms with van der Waals surface area (Å²) in [5, 5.41) is 12.1. The molecule has 1 aliphatic rings. The monoisotopic (exact) mass is 438 g/mol. The Morgan fingerprint density at radius 1 is 0.970 bits per heavy atom. The number of carbonyl (C=O) groups is 2. The van der Waals surface area contributed by atoms with Crippen molar-refractivity contribution in [3.63, 3.8) is 0 Å². The third kappa shape index (κ3) is 3.46. The number of methoxy groups -OCH3 is 1. The first-order valence-electron chi connectivity index (χ1n) is 10.6. The first-order valence-corrected chi connectivity index (χ1v) is 10.6. The van der Waals surface area contributed by atoms with E-state index in [1.807, 2.05) is 78.9 Å². The van der Waals surface area contributed by atoms with Crippen LogP contribution in [0.5, 0.6) is 5.75 Å². The minimum Gasteiger partial charge on any atom is -0.507 e. The molecule has 1 amide bonds. The quantitative estimate of drug-likeness (QED) is 0.266. The highest BCUT2D eigenvalue weighted by atomic mass is 16.5. The first-order chi connectivity index (χ1) is 16.1. The molecule has 164 valence electrons. The molecule has 1 unspecified atom stereocenters. The van der Waals surface area contributed by atoms with E-state index in [0.29, 0.717) is 11.3 Å². The lowest BCUT2D eigenvalue weighted by Crippen LogP contribution is -2.29. The van der Waals surface area contributed by atoms with Gasteiger partial charge in [0.15, 0.2) is 0 Å². The lowest BCUT2D eigenvalue weighted by Gasteiger charge is -2.26. The number of Topliss-reactive ketones (excluding diaryl/α,β-unsaturated/α-hetero) is 1. The van der Waals surface area contributed by atoms with Crippen LogP contribution in [0, 0.1) is 0 Å². The van der Waals surface area contributed by atoms with Gasteiger partial charge in [0, 0.05) is 28.2 Å². The number of likely N-dealkylation sites (tertiary alicyclic amines) is 1. The van der Waals surface area contributed by atoms with Gasteiger partial charge in [0.25, 0.3) is 11.7 Å². The first kappa shape index (κ1) is 20.6. The minimum atomic E-state index is -0.732. The number of carbonyl (C=O) groups excluding carboxylic acids is 2. The van der Waals surface area contributed by atoms with Gasteiger partial charge in [-0.15, -0.1) is 0 Å². The average Bonchev–Trinajstić information content (AvgIpc) is 3.39. The number of H-pyrrole nitrogens is 1. The molecule has 6 nitrogen and oxygen atoms in total. The summed E-state index contributed by atoms with van der Waals surface area (Å²) in [5.41, 5.74) is 2.91. The molecule has 1 atom stereocenters. The molecule has 2 heterocycles. The van der Waals surface area contributed by atoms with Gasteiger partial charge >= 0.3 is 0 Å². The molecule has 0 saturated carbocycles. The zero-order chi connectivity index (χ0) is 22.9. The highest BCUT2D eigenvalue weighted by Crippen LogP contribution is 2.41. The van der Waals surface area contributed by atoms with Crippen LogP contribution < -0.4 is 4.74 Å². The number of amides is 1. The highest BCUT2D eigenvalue weighted by Gasteiger charge is 2.46. The summed E-state index contributed by atoms with van der Waals surface area (Å²) >= 11 is 0. The lowest BCUT2D eigenvalue weighted by molar-refractivity contribution is -0.140. The molecule has 1 fully saturated rings. The SMILES string of the molecule is COc1ccccc1CN1C(=O)C(=O)/C(=C(\O)c2c[nH]c3ccccc23)C1c1ccccc1. The minimum absolute atomic E-state index is 0.0749. The van der Waals surface area contributed by atoms with Crippen molar-refractivity contribution in [1.29, 1.82) is 0 Å². The molecule has 4 aromatic rings. The second kappa shape index (κ2) is 8.31. The van der Waals surface area contributed by atoms with Crippen molar-refractivity contribution in [3.05, 3.63) is 107 Å². The van der Waals surface area contributed by atoms with Crippen molar-refractivity contribution in [1.82, 2.24) is 9.88 Å². The summed E-state index contributed by atoms with van der Waals surface area (Å²) in [6.45, 7) is 0.165. The maximum Gasteiger partial charge on any atom is 0.295 e.